The van der Waals surface area contributed by atoms with Crippen molar-refractivity contribution in [1.29, 1.82) is 0 Å². The Kier molecular flexibility index (Phi) is 26.8. The Hall–Kier alpha value is 0. The second-order valence-corrected chi connectivity index (χ2v) is 6.69. The van der Waals surface area contributed by atoms with E-state index in [1.54, 1.807) is 0 Å². The molecule has 0 atom stereocenters. The highest BCUT2D eigenvalue weighted by atomic mass is 14.2. The summed E-state index contributed by atoms with van der Waals surface area (Å²) in [6.45, 7) is 30.9. The molecule has 0 aromatic rings. The van der Waals surface area contributed by atoms with Crippen LogP contribution in [0.15, 0.2) is 0 Å². The van der Waals surface area contributed by atoms with E-state index in [-0.39, 0.29) is 1.43 Å². The van der Waals surface area contributed by atoms with Crippen LogP contribution in [0.4, 0.5) is 0 Å². The molecule has 0 aliphatic heterocycles. The molecule has 0 radical (unpaired) electrons. The first-order valence-electron chi connectivity index (χ1n) is 9.11. The molecule has 0 aromatic carbocycles. The van der Waals surface area contributed by atoms with Crippen LogP contribution in [0.25, 0.3) is 0 Å². The molecule has 0 rings (SSSR count). The summed E-state index contributed by atoms with van der Waals surface area (Å²) in [4.78, 5) is 0. The number of rotatable bonds is 4. The van der Waals surface area contributed by atoms with Crippen LogP contribution in [0.2, 0.25) is 0 Å². The monoisotopic (exact) mass is 289 g/mol. The van der Waals surface area contributed by atoms with Crippen molar-refractivity contribution >= 4 is 0 Å². The highest BCUT2D eigenvalue weighted by Crippen LogP contribution is 2.19. The molecular formula is C20H49+. The summed E-state index contributed by atoms with van der Waals surface area (Å²) in [7, 11) is 0. The van der Waals surface area contributed by atoms with Gasteiger partial charge in [-0.2, -0.15) is 0 Å². The molecule has 0 nitrogen and oxygen atoms in total. The molecule has 0 amide bonds. The maximum Gasteiger partial charge on any atom is 1.00 e. The Morgan fingerprint density at radius 2 is 0.450 bits per heavy atom. The van der Waals surface area contributed by atoms with Crippen LogP contribution < -0.4 is 0 Å². The van der Waals surface area contributed by atoms with Crippen molar-refractivity contribution in [1.82, 2.24) is 0 Å². The minimum Gasteiger partial charge on any atom is -0.0683 e. The van der Waals surface area contributed by atoms with E-state index < -0.39 is 0 Å². The van der Waals surface area contributed by atoms with Crippen LogP contribution in [0.5, 0.6) is 0 Å². The van der Waals surface area contributed by atoms with Gasteiger partial charge in [0.15, 0.2) is 0 Å². The second-order valence-electron chi connectivity index (χ2n) is 6.69. The van der Waals surface area contributed by atoms with E-state index in [2.05, 4.69) is 69.2 Å². The minimum atomic E-state index is 0. The first-order chi connectivity index (χ1) is 9.11. The Morgan fingerprint density at radius 3 is 0.450 bits per heavy atom. The zero-order chi connectivity index (χ0) is 17.5. The molecule has 0 fully saturated rings. The summed E-state index contributed by atoms with van der Waals surface area (Å²) in [5, 5.41) is 0. The summed E-state index contributed by atoms with van der Waals surface area (Å²) in [6, 6.07) is 0. The average molecular weight is 290 g/mol. The van der Waals surface area contributed by atoms with Gasteiger partial charge in [-0.15, -0.1) is 0 Å². The zero-order valence-electron chi connectivity index (χ0n) is 18.5. The molecule has 0 saturated carbocycles. The van der Waals surface area contributed by atoms with Crippen molar-refractivity contribution in [3.8, 4) is 0 Å². The van der Waals surface area contributed by atoms with E-state index in [1.165, 1.54) is 0 Å². The fourth-order valence-electron chi connectivity index (χ4n) is 1.54. The van der Waals surface area contributed by atoms with Gasteiger partial charge in [0.25, 0.3) is 0 Å². The van der Waals surface area contributed by atoms with Gasteiger partial charge in [0.2, 0.25) is 0 Å². The van der Waals surface area contributed by atoms with E-state index in [1.807, 2.05) is 27.7 Å². The topological polar surface area (TPSA) is 0 Å². The molecule has 0 N–H and O–H groups in total. The number of hydrogen-bond acceptors (Lipinski definition) is 0. The van der Waals surface area contributed by atoms with Gasteiger partial charge in [0, 0.05) is 0 Å². The van der Waals surface area contributed by atoms with Gasteiger partial charge in [0.05, 0.1) is 0 Å². The highest BCUT2D eigenvalue weighted by molar-refractivity contribution is 4.60. The Morgan fingerprint density at radius 1 is 0.350 bits per heavy atom. The van der Waals surface area contributed by atoms with E-state index in [0.29, 0.717) is 0 Å². The molecule has 0 saturated heterocycles. The first-order valence-corrected chi connectivity index (χ1v) is 9.11. The molecule has 0 aromatic heterocycles. The standard InChI is InChI=1S/2C8H18.2C2H6/c2*1-6(2)8(5)7(3)4;2*1-2/h2*6-8H,1-5H3;2*1-2H3/p+1. The van der Waals surface area contributed by atoms with E-state index in [0.717, 1.165) is 35.5 Å². The largest absolute Gasteiger partial charge is 1.00 e. The zero-order valence-corrected chi connectivity index (χ0v) is 17.5. The van der Waals surface area contributed by atoms with Crippen LogP contribution in [-0.4, -0.2) is 0 Å². The van der Waals surface area contributed by atoms with Crippen molar-refractivity contribution in [2.75, 3.05) is 0 Å². The molecule has 0 bridgehead atoms. The summed E-state index contributed by atoms with van der Waals surface area (Å²) in [5.41, 5.74) is 0. The highest BCUT2D eigenvalue weighted by Gasteiger charge is 2.10. The molecule has 0 spiro atoms. The molecule has 20 heavy (non-hydrogen) atoms. The SMILES string of the molecule is CC.CC.CC(C)C(C)C(C)C.CC(C)C(C)C(C)C.[H+]. The molecule has 0 unspecified atom stereocenters. The smallest absolute Gasteiger partial charge is 0.0683 e. The van der Waals surface area contributed by atoms with Crippen LogP contribution in [0.1, 0.15) is 98.4 Å². The summed E-state index contributed by atoms with van der Waals surface area (Å²) in [6.07, 6.45) is 0. The van der Waals surface area contributed by atoms with Gasteiger partial charge < -0.3 is 0 Å². The fourth-order valence-corrected chi connectivity index (χ4v) is 1.54. The first kappa shape index (κ1) is 28.2. The van der Waals surface area contributed by atoms with E-state index >= 15 is 0 Å². The third-order valence-corrected chi connectivity index (χ3v) is 4.21. The lowest BCUT2D eigenvalue weighted by Gasteiger charge is -2.18. The maximum absolute atomic E-state index is 2.31. The average Bonchev–Trinajstić information content (AvgIpc) is 2.41. The molecule has 128 valence electrons. The van der Waals surface area contributed by atoms with Crippen molar-refractivity contribution in [3.05, 3.63) is 0 Å². The quantitative estimate of drug-likeness (QED) is 0.491. The van der Waals surface area contributed by atoms with E-state index in [4.69, 9.17) is 0 Å². The van der Waals surface area contributed by atoms with E-state index in [9.17, 15) is 0 Å². The predicted molar refractivity (Wildman–Crippen MR) is 101 cm³/mol. The van der Waals surface area contributed by atoms with Gasteiger partial charge in [-0.3, -0.25) is 0 Å². The third-order valence-electron chi connectivity index (χ3n) is 4.21. The van der Waals surface area contributed by atoms with Crippen LogP contribution in [0, 0.1) is 35.5 Å². The molecule has 0 heterocycles. The van der Waals surface area contributed by atoms with Crippen molar-refractivity contribution in [2.24, 2.45) is 35.5 Å². The fraction of sp³-hybridized carbons (Fsp3) is 1.00. The van der Waals surface area contributed by atoms with Crippen LogP contribution >= 0.6 is 0 Å². The Bertz CT molecular complexity index is 114. The molecular weight excluding hydrogens is 240 g/mol. The Balaban J connectivity index is -0.0000000630. The second kappa shape index (κ2) is 19.0. The minimum absolute atomic E-state index is 0. The molecule has 0 heteroatoms. The van der Waals surface area contributed by atoms with Gasteiger partial charge >= 0.3 is 1.43 Å². The van der Waals surface area contributed by atoms with Crippen molar-refractivity contribution in [3.63, 3.8) is 0 Å². The maximum atomic E-state index is 2.31. The lowest BCUT2D eigenvalue weighted by Crippen LogP contribution is -2.10. The number of hydrogen-bond donors (Lipinski definition) is 0. The van der Waals surface area contributed by atoms with Gasteiger partial charge in [-0.05, 0) is 35.5 Å². The van der Waals surface area contributed by atoms with Crippen LogP contribution in [0.3, 0.4) is 0 Å². The summed E-state index contributed by atoms with van der Waals surface area (Å²) in [5.74, 6) is 5.11. The van der Waals surface area contributed by atoms with Gasteiger partial charge in [0.1, 0.15) is 0 Å². The van der Waals surface area contributed by atoms with Gasteiger partial charge in [-0.1, -0.05) is 96.9 Å². The summed E-state index contributed by atoms with van der Waals surface area (Å²) < 4.78 is 0. The molecule has 0 aliphatic carbocycles. The third kappa shape index (κ3) is 20.3. The Labute approximate surface area is 134 Å². The lowest BCUT2D eigenvalue weighted by atomic mass is 9.88. The molecule has 0 aliphatic rings. The normalized spacial score (nSPS) is 10.2. The predicted octanol–water partition coefficient (Wildman–Crippen LogP) is 8.03. The van der Waals surface area contributed by atoms with Crippen LogP contribution in [-0.2, 0) is 0 Å². The summed E-state index contributed by atoms with van der Waals surface area (Å²) >= 11 is 0. The van der Waals surface area contributed by atoms with Crippen molar-refractivity contribution < 1.29 is 1.43 Å². The van der Waals surface area contributed by atoms with Gasteiger partial charge in [-0.25, -0.2) is 0 Å². The lowest BCUT2D eigenvalue weighted by molar-refractivity contribution is 0.316. The van der Waals surface area contributed by atoms with Crippen molar-refractivity contribution in [2.45, 2.75) is 96.9 Å².